The standard InChI is InChI=1S/C34H36Cl2N2O4/c1-34(2,3)42-33(40)38-16-15-26(20-38)37-25-9-5-8-22(18-25)31-27-13-11-23(32(39)41-4)17-21(27)7-6-10-29(31)28-14-12-24(35)19-30(28)36/h5,8-9,11-14,17-19,26,37H,6-7,10,15-16,20H2,1-4H3/t26-/m1/s1. The van der Waals surface area contributed by atoms with Crippen LogP contribution >= 0.6 is 23.2 Å². The number of anilines is 1. The third kappa shape index (κ3) is 6.77. The van der Waals surface area contributed by atoms with Crippen LogP contribution in [-0.4, -0.2) is 48.8 Å². The Balaban J connectivity index is 1.52. The maximum Gasteiger partial charge on any atom is 0.410 e. The SMILES string of the molecule is COC(=O)c1ccc2c(c1)CCCC(c1ccc(Cl)cc1Cl)=C2c1cccc(N[C@@H]2CCN(C(=O)OC(C)(C)C)C2)c1. The molecule has 2 aliphatic rings. The van der Waals surface area contributed by atoms with Crippen molar-refractivity contribution in [2.45, 2.75) is 58.1 Å². The molecule has 1 atom stereocenters. The van der Waals surface area contributed by atoms with Crippen molar-refractivity contribution >= 4 is 52.1 Å². The number of esters is 1. The summed E-state index contributed by atoms with van der Waals surface area (Å²) in [6.07, 6.45) is 3.08. The smallest absolute Gasteiger partial charge is 0.410 e. The summed E-state index contributed by atoms with van der Waals surface area (Å²) in [5.74, 6) is -0.350. The Morgan fingerprint density at radius 2 is 1.76 bits per heavy atom. The van der Waals surface area contributed by atoms with Gasteiger partial charge in [0.05, 0.1) is 12.7 Å². The van der Waals surface area contributed by atoms with Gasteiger partial charge in [0.1, 0.15) is 5.60 Å². The van der Waals surface area contributed by atoms with E-state index in [9.17, 15) is 9.59 Å². The number of nitrogens with one attached hydrogen (secondary N) is 1. The average Bonchev–Trinajstić information content (AvgIpc) is 3.32. The Morgan fingerprint density at radius 1 is 0.976 bits per heavy atom. The normalized spacial score (nSPS) is 17.0. The summed E-state index contributed by atoms with van der Waals surface area (Å²) in [4.78, 5) is 26.7. The van der Waals surface area contributed by atoms with Crippen LogP contribution in [0, 0.1) is 0 Å². The predicted molar refractivity (Wildman–Crippen MR) is 169 cm³/mol. The van der Waals surface area contributed by atoms with Crippen LogP contribution in [0.3, 0.4) is 0 Å². The molecule has 1 saturated heterocycles. The molecule has 1 heterocycles. The van der Waals surface area contributed by atoms with Gasteiger partial charge in [0.25, 0.3) is 0 Å². The van der Waals surface area contributed by atoms with Gasteiger partial charge in [-0.2, -0.15) is 0 Å². The van der Waals surface area contributed by atoms with Gasteiger partial charge in [-0.15, -0.1) is 0 Å². The van der Waals surface area contributed by atoms with E-state index < -0.39 is 5.60 Å². The molecule has 220 valence electrons. The minimum Gasteiger partial charge on any atom is -0.465 e. The summed E-state index contributed by atoms with van der Waals surface area (Å²) in [7, 11) is 1.40. The Bertz CT molecular complexity index is 1540. The number of ether oxygens (including phenoxy) is 2. The first-order valence-electron chi connectivity index (χ1n) is 14.3. The molecule has 5 rings (SSSR count). The third-order valence-corrected chi connectivity index (χ3v) is 8.14. The van der Waals surface area contributed by atoms with Gasteiger partial charge in [0.2, 0.25) is 0 Å². The second kappa shape index (κ2) is 12.4. The van der Waals surface area contributed by atoms with Gasteiger partial charge >= 0.3 is 12.1 Å². The molecule has 0 spiro atoms. The maximum absolute atomic E-state index is 12.6. The third-order valence-electron chi connectivity index (χ3n) is 7.59. The van der Waals surface area contributed by atoms with Gasteiger partial charge < -0.3 is 19.7 Å². The molecule has 0 bridgehead atoms. The van der Waals surface area contributed by atoms with Crippen LogP contribution in [-0.2, 0) is 15.9 Å². The summed E-state index contributed by atoms with van der Waals surface area (Å²) in [5, 5.41) is 4.83. The number of hydrogen-bond donors (Lipinski definition) is 1. The molecule has 1 fully saturated rings. The summed E-state index contributed by atoms with van der Waals surface area (Å²) < 4.78 is 10.6. The van der Waals surface area contributed by atoms with Crippen molar-refractivity contribution in [1.82, 2.24) is 4.90 Å². The molecule has 0 radical (unpaired) electrons. The lowest BCUT2D eigenvalue weighted by Gasteiger charge is -2.24. The van der Waals surface area contributed by atoms with Crippen molar-refractivity contribution in [3.63, 3.8) is 0 Å². The van der Waals surface area contributed by atoms with E-state index in [-0.39, 0.29) is 18.1 Å². The molecule has 6 nitrogen and oxygen atoms in total. The summed E-state index contributed by atoms with van der Waals surface area (Å²) >= 11 is 13.0. The average molecular weight is 608 g/mol. The highest BCUT2D eigenvalue weighted by Crippen LogP contribution is 2.43. The molecule has 3 aromatic carbocycles. The Hall–Kier alpha value is -3.48. The number of likely N-dealkylation sites (tertiary alicyclic amines) is 1. The molecule has 0 saturated carbocycles. The zero-order valence-corrected chi connectivity index (χ0v) is 25.9. The summed E-state index contributed by atoms with van der Waals surface area (Å²) in [6.45, 7) is 6.86. The van der Waals surface area contributed by atoms with Crippen molar-refractivity contribution in [1.29, 1.82) is 0 Å². The van der Waals surface area contributed by atoms with E-state index >= 15 is 0 Å². The number of hydrogen-bond acceptors (Lipinski definition) is 5. The van der Waals surface area contributed by atoms with Crippen molar-refractivity contribution in [2.75, 3.05) is 25.5 Å². The Kier molecular flexibility index (Phi) is 8.86. The number of fused-ring (bicyclic) bond motifs is 1. The highest BCUT2D eigenvalue weighted by molar-refractivity contribution is 6.36. The number of carbonyl (C=O) groups is 2. The van der Waals surface area contributed by atoms with Crippen LogP contribution in [0.2, 0.25) is 10.0 Å². The Labute approximate surface area is 257 Å². The zero-order chi connectivity index (χ0) is 30.0. The number of methoxy groups -OCH3 is 1. The van der Waals surface area contributed by atoms with Gasteiger partial charge in [-0.1, -0.05) is 47.5 Å². The predicted octanol–water partition coefficient (Wildman–Crippen LogP) is 8.50. The number of benzene rings is 3. The van der Waals surface area contributed by atoms with Crippen LogP contribution in [0.5, 0.6) is 0 Å². The first-order valence-corrected chi connectivity index (χ1v) is 15.0. The Morgan fingerprint density at radius 3 is 2.50 bits per heavy atom. The van der Waals surface area contributed by atoms with E-state index in [1.54, 1.807) is 11.0 Å². The largest absolute Gasteiger partial charge is 0.465 e. The molecular formula is C34H36Cl2N2O4. The van der Waals surface area contributed by atoms with Crippen molar-refractivity contribution < 1.29 is 19.1 Å². The van der Waals surface area contributed by atoms with E-state index in [4.69, 9.17) is 32.7 Å². The highest BCUT2D eigenvalue weighted by Gasteiger charge is 2.30. The van der Waals surface area contributed by atoms with E-state index in [0.717, 1.165) is 64.8 Å². The fraction of sp³-hybridized carbons (Fsp3) is 0.353. The fourth-order valence-electron chi connectivity index (χ4n) is 5.74. The van der Waals surface area contributed by atoms with E-state index in [2.05, 4.69) is 17.4 Å². The van der Waals surface area contributed by atoms with Gasteiger partial charge in [-0.3, -0.25) is 0 Å². The van der Waals surface area contributed by atoms with Crippen LogP contribution in [0.15, 0.2) is 60.7 Å². The highest BCUT2D eigenvalue weighted by atomic mass is 35.5. The lowest BCUT2D eigenvalue weighted by molar-refractivity contribution is 0.0293. The quantitative estimate of drug-likeness (QED) is 0.295. The maximum atomic E-state index is 12.6. The number of aryl methyl sites for hydroxylation is 1. The minimum absolute atomic E-state index is 0.107. The number of allylic oxidation sites excluding steroid dienone is 1. The lowest BCUT2D eigenvalue weighted by atomic mass is 9.87. The number of carbonyl (C=O) groups excluding carboxylic acids is 2. The van der Waals surface area contributed by atoms with E-state index in [1.807, 2.05) is 63.2 Å². The van der Waals surface area contributed by atoms with Gasteiger partial charge in [0.15, 0.2) is 0 Å². The van der Waals surface area contributed by atoms with Crippen molar-refractivity contribution in [3.8, 4) is 0 Å². The van der Waals surface area contributed by atoms with Crippen LogP contribution < -0.4 is 5.32 Å². The molecule has 3 aromatic rings. The fourth-order valence-corrected chi connectivity index (χ4v) is 6.26. The van der Waals surface area contributed by atoms with E-state index in [1.165, 1.54) is 7.11 Å². The first kappa shape index (κ1) is 30.0. The number of halogens is 2. The van der Waals surface area contributed by atoms with Crippen LogP contribution in [0.1, 0.15) is 72.6 Å². The van der Waals surface area contributed by atoms with Crippen molar-refractivity contribution in [2.24, 2.45) is 0 Å². The number of rotatable bonds is 5. The molecule has 1 aliphatic carbocycles. The van der Waals surface area contributed by atoms with Gasteiger partial charge in [-0.05, 0) is 116 Å². The topological polar surface area (TPSA) is 67.9 Å². The van der Waals surface area contributed by atoms with Gasteiger partial charge in [0, 0.05) is 34.9 Å². The second-order valence-corrected chi connectivity index (χ2v) is 12.7. The lowest BCUT2D eigenvalue weighted by Crippen LogP contribution is -2.36. The molecule has 0 aromatic heterocycles. The first-order chi connectivity index (χ1) is 20.0. The zero-order valence-electron chi connectivity index (χ0n) is 24.4. The monoisotopic (exact) mass is 606 g/mol. The molecule has 8 heteroatoms. The summed E-state index contributed by atoms with van der Waals surface area (Å²) in [6, 6.07) is 19.9. The molecule has 42 heavy (non-hydrogen) atoms. The second-order valence-electron chi connectivity index (χ2n) is 11.8. The number of nitrogens with zero attached hydrogens (tertiary/aromatic N) is 1. The summed E-state index contributed by atoms with van der Waals surface area (Å²) in [5.41, 5.74) is 7.33. The van der Waals surface area contributed by atoms with Crippen molar-refractivity contribution in [3.05, 3.63) is 98.5 Å². The molecular weight excluding hydrogens is 571 g/mol. The van der Waals surface area contributed by atoms with Crippen LogP contribution in [0.4, 0.5) is 10.5 Å². The molecule has 1 amide bonds. The number of amides is 1. The van der Waals surface area contributed by atoms with E-state index in [0.29, 0.717) is 28.7 Å². The molecule has 1 N–H and O–H groups in total. The van der Waals surface area contributed by atoms with Gasteiger partial charge in [-0.25, -0.2) is 9.59 Å². The van der Waals surface area contributed by atoms with Crippen LogP contribution in [0.25, 0.3) is 11.1 Å². The molecule has 0 unspecified atom stereocenters. The minimum atomic E-state index is -0.526. The molecule has 1 aliphatic heterocycles.